The van der Waals surface area contributed by atoms with Crippen molar-refractivity contribution in [2.45, 2.75) is 6.92 Å². The van der Waals surface area contributed by atoms with Crippen LogP contribution in [-0.2, 0) is 0 Å². The van der Waals surface area contributed by atoms with Gasteiger partial charge in [-0.1, -0.05) is 11.6 Å². The van der Waals surface area contributed by atoms with E-state index < -0.39 is 0 Å². The average molecular weight is 369 g/mol. The monoisotopic (exact) mass is 367 g/mol. The highest BCUT2D eigenvalue weighted by molar-refractivity contribution is 9.10. The van der Waals surface area contributed by atoms with Crippen LogP contribution in [0.3, 0.4) is 0 Å². The molecule has 5 N–H and O–H groups in total. The van der Waals surface area contributed by atoms with Crippen LogP contribution in [0.4, 0.5) is 17.5 Å². The Hall–Kier alpha value is -1.90. The molecule has 0 bridgehead atoms. The minimum absolute atomic E-state index is 0.281. The number of hydrogen-bond acceptors (Lipinski definition) is 6. The van der Waals surface area contributed by atoms with Gasteiger partial charge in [-0.15, -0.1) is 0 Å². The Bertz CT molecular complexity index is 817. The quantitative estimate of drug-likeness (QED) is 0.418. The van der Waals surface area contributed by atoms with Gasteiger partial charge >= 0.3 is 0 Å². The van der Waals surface area contributed by atoms with Crippen molar-refractivity contribution in [3.8, 4) is 0 Å². The highest BCUT2D eigenvalue weighted by Crippen LogP contribution is 2.32. The number of hydrazine groups is 1. The van der Waals surface area contributed by atoms with Crippen LogP contribution < -0.4 is 16.6 Å². The molecule has 7 nitrogen and oxygen atoms in total. The van der Waals surface area contributed by atoms with E-state index in [4.69, 9.17) is 17.4 Å². The molecule has 0 saturated heterocycles. The zero-order valence-electron chi connectivity index (χ0n) is 10.9. The normalized spacial score (nSPS) is 10.9. The molecule has 0 saturated carbocycles. The maximum Gasteiger partial charge on any atom is 0.241 e. The third-order valence-electron chi connectivity index (χ3n) is 2.94. The first-order valence-corrected chi connectivity index (χ1v) is 7.16. The lowest BCUT2D eigenvalue weighted by atomic mass is 10.2. The molecule has 0 unspecified atom stereocenters. The molecule has 0 fully saturated rings. The molecule has 21 heavy (non-hydrogen) atoms. The summed E-state index contributed by atoms with van der Waals surface area (Å²) in [6, 6.07) is 3.76. The number of nitrogens with one attached hydrogen (secondary N) is 3. The van der Waals surface area contributed by atoms with E-state index in [1.165, 1.54) is 0 Å². The first-order chi connectivity index (χ1) is 10.1. The van der Waals surface area contributed by atoms with Crippen LogP contribution in [-0.4, -0.2) is 20.2 Å². The van der Waals surface area contributed by atoms with Crippen molar-refractivity contribution in [2.75, 3.05) is 10.7 Å². The number of nitrogens with zero attached hydrogens (tertiary/aromatic N) is 3. The lowest BCUT2D eigenvalue weighted by molar-refractivity contribution is 1.08. The molecular weight excluding hydrogens is 358 g/mol. The molecule has 2 aromatic heterocycles. The first kappa shape index (κ1) is 14.1. The number of benzene rings is 1. The van der Waals surface area contributed by atoms with Crippen LogP contribution in [0.5, 0.6) is 0 Å². The Labute approximate surface area is 133 Å². The SMILES string of the molecule is Cc1cc(Br)c(Nc2nc(NN)nc3[nH]ncc23)cc1Cl. The largest absolute Gasteiger partial charge is 0.338 e. The number of aromatic amines is 1. The van der Waals surface area contributed by atoms with E-state index in [0.717, 1.165) is 21.1 Å². The molecule has 3 rings (SSSR count). The lowest BCUT2D eigenvalue weighted by Gasteiger charge is -2.11. The molecule has 0 amide bonds. The minimum atomic E-state index is 0.281. The van der Waals surface area contributed by atoms with Gasteiger partial charge in [-0.2, -0.15) is 15.1 Å². The van der Waals surface area contributed by atoms with E-state index in [1.54, 1.807) is 6.20 Å². The van der Waals surface area contributed by atoms with Crippen LogP contribution in [0.1, 0.15) is 5.56 Å². The summed E-state index contributed by atoms with van der Waals surface area (Å²) in [5.41, 5.74) is 4.77. The highest BCUT2D eigenvalue weighted by atomic mass is 79.9. The fourth-order valence-electron chi connectivity index (χ4n) is 1.86. The van der Waals surface area contributed by atoms with Crippen molar-refractivity contribution < 1.29 is 0 Å². The summed E-state index contributed by atoms with van der Waals surface area (Å²) < 4.78 is 0.877. The van der Waals surface area contributed by atoms with Gasteiger partial charge in [-0.25, -0.2) is 5.84 Å². The first-order valence-electron chi connectivity index (χ1n) is 5.99. The van der Waals surface area contributed by atoms with Crippen molar-refractivity contribution in [1.82, 2.24) is 20.2 Å². The molecule has 0 radical (unpaired) electrons. The summed E-state index contributed by atoms with van der Waals surface area (Å²) in [5.74, 6) is 6.23. The summed E-state index contributed by atoms with van der Waals surface area (Å²) >= 11 is 9.66. The van der Waals surface area contributed by atoms with Crippen molar-refractivity contribution in [2.24, 2.45) is 5.84 Å². The Morgan fingerprint density at radius 1 is 1.33 bits per heavy atom. The number of H-pyrrole nitrogens is 1. The molecule has 2 heterocycles. The third kappa shape index (κ3) is 2.65. The zero-order valence-corrected chi connectivity index (χ0v) is 13.2. The van der Waals surface area contributed by atoms with Gasteiger partial charge in [0.2, 0.25) is 5.95 Å². The van der Waals surface area contributed by atoms with Crippen molar-refractivity contribution >= 4 is 56.0 Å². The lowest BCUT2D eigenvalue weighted by Crippen LogP contribution is -2.11. The van der Waals surface area contributed by atoms with Gasteiger partial charge in [0.05, 0.1) is 17.3 Å². The number of aromatic nitrogens is 4. The van der Waals surface area contributed by atoms with E-state index in [-0.39, 0.29) is 5.95 Å². The van der Waals surface area contributed by atoms with Gasteiger partial charge in [-0.05, 0) is 40.5 Å². The second-order valence-corrected chi connectivity index (χ2v) is 5.64. The number of nitrogen functional groups attached to an aromatic ring is 1. The molecule has 0 spiro atoms. The van der Waals surface area contributed by atoms with E-state index in [0.29, 0.717) is 16.5 Å². The topological polar surface area (TPSA) is 105 Å². The van der Waals surface area contributed by atoms with Gasteiger partial charge in [0.15, 0.2) is 5.65 Å². The average Bonchev–Trinajstić information content (AvgIpc) is 2.93. The molecule has 0 atom stereocenters. The minimum Gasteiger partial charge on any atom is -0.338 e. The number of hydrogen-bond donors (Lipinski definition) is 4. The van der Waals surface area contributed by atoms with Crippen molar-refractivity contribution in [3.63, 3.8) is 0 Å². The standard InChI is InChI=1S/C12H11BrClN7/c1-5-2-7(13)9(3-8(5)14)17-10-6-4-16-21-11(6)19-12(18-10)20-15/h2-4H,15H2,1H3,(H3,16,17,18,19,20,21). The van der Waals surface area contributed by atoms with Crippen LogP contribution in [0.2, 0.25) is 5.02 Å². The second-order valence-electron chi connectivity index (χ2n) is 4.38. The number of fused-ring (bicyclic) bond motifs is 1. The van der Waals surface area contributed by atoms with E-state index in [2.05, 4.69) is 46.8 Å². The Morgan fingerprint density at radius 3 is 2.90 bits per heavy atom. The van der Waals surface area contributed by atoms with E-state index >= 15 is 0 Å². The summed E-state index contributed by atoms with van der Waals surface area (Å²) in [4.78, 5) is 8.46. The number of rotatable bonds is 3. The molecule has 0 aliphatic carbocycles. The molecule has 9 heteroatoms. The van der Waals surface area contributed by atoms with Crippen LogP contribution >= 0.6 is 27.5 Å². The Balaban J connectivity index is 2.09. The smallest absolute Gasteiger partial charge is 0.241 e. The fourth-order valence-corrected chi connectivity index (χ4v) is 2.58. The number of anilines is 3. The molecule has 3 aromatic rings. The van der Waals surface area contributed by atoms with E-state index in [1.807, 2.05) is 19.1 Å². The Kier molecular flexibility index (Phi) is 3.66. The van der Waals surface area contributed by atoms with Gasteiger partial charge in [0.1, 0.15) is 5.82 Å². The van der Waals surface area contributed by atoms with Crippen molar-refractivity contribution in [1.29, 1.82) is 0 Å². The van der Waals surface area contributed by atoms with Gasteiger partial charge in [-0.3, -0.25) is 10.5 Å². The number of aryl methyl sites for hydroxylation is 1. The number of halogens is 2. The van der Waals surface area contributed by atoms with Crippen molar-refractivity contribution in [3.05, 3.63) is 33.4 Å². The molecule has 0 aliphatic rings. The predicted octanol–water partition coefficient (Wildman–Crippen LogP) is 3.11. The molecule has 1 aromatic carbocycles. The van der Waals surface area contributed by atoms with Crippen LogP contribution in [0.25, 0.3) is 11.0 Å². The molecule has 0 aliphatic heterocycles. The Morgan fingerprint density at radius 2 is 2.14 bits per heavy atom. The summed E-state index contributed by atoms with van der Waals surface area (Å²) in [6.07, 6.45) is 1.64. The second kappa shape index (κ2) is 5.47. The summed E-state index contributed by atoms with van der Waals surface area (Å²) in [5, 5.41) is 11.4. The summed E-state index contributed by atoms with van der Waals surface area (Å²) in [7, 11) is 0. The predicted molar refractivity (Wildman–Crippen MR) is 86.7 cm³/mol. The van der Waals surface area contributed by atoms with Crippen LogP contribution in [0, 0.1) is 6.92 Å². The van der Waals surface area contributed by atoms with Crippen LogP contribution in [0.15, 0.2) is 22.8 Å². The molecular formula is C12H11BrClN7. The molecule has 108 valence electrons. The zero-order chi connectivity index (χ0) is 15.0. The van der Waals surface area contributed by atoms with Gasteiger partial charge in [0.25, 0.3) is 0 Å². The third-order valence-corrected chi connectivity index (χ3v) is 4.00. The maximum absolute atomic E-state index is 6.16. The van der Waals surface area contributed by atoms with Gasteiger partial charge < -0.3 is 5.32 Å². The maximum atomic E-state index is 6.16. The number of nitrogens with two attached hydrogens (primary N) is 1. The van der Waals surface area contributed by atoms with Gasteiger partial charge in [0, 0.05) is 9.50 Å². The van der Waals surface area contributed by atoms with E-state index in [9.17, 15) is 0 Å². The fraction of sp³-hybridized carbons (Fsp3) is 0.0833. The highest BCUT2D eigenvalue weighted by Gasteiger charge is 2.11. The summed E-state index contributed by atoms with van der Waals surface area (Å²) in [6.45, 7) is 1.94.